The van der Waals surface area contributed by atoms with Gasteiger partial charge in [-0.2, -0.15) is 5.10 Å². The molecule has 0 bridgehead atoms. The summed E-state index contributed by atoms with van der Waals surface area (Å²) >= 11 is 0. The van der Waals surface area contributed by atoms with Gasteiger partial charge in [-0.25, -0.2) is 0 Å². The summed E-state index contributed by atoms with van der Waals surface area (Å²) in [4.78, 5) is 15.9. The van der Waals surface area contributed by atoms with Crippen molar-refractivity contribution in [3.8, 4) is 0 Å². The van der Waals surface area contributed by atoms with Gasteiger partial charge < -0.3 is 11.1 Å². The molecule has 0 saturated carbocycles. The molecule has 6 heteroatoms. The van der Waals surface area contributed by atoms with Crippen molar-refractivity contribution in [2.45, 2.75) is 6.54 Å². The molecule has 2 aromatic heterocycles. The summed E-state index contributed by atoms with van der Waals surface area (Å²) in [6.45, 7) is 0.365. The van der Waals surface area contributed by atoms with Crippen molar-refractivity contribution >= 4 is 11.6 Å². The summed E-state index contributed by atoms with van der Waals surface area (Å²) in [6, 6.07) is 5.53. The van der Waals surface area contributed by atoms with Gasteiger partial charge in [0.25, 0.3) is 5.91 Å². The van der Waals surface area contributed by atoms with Crippen LogP contribution in [0.25, 0.3) is 0 Å². The number of nitrogens with zero attached hydrogens (tertiary/aromatic N) is 3. The number of rotatable bonds is 3. The normalized spacial score (nSPS) is 10.2. The van der Waals surface area contributed by atoms with Gasteiger partial charge in [0.05, 0.1) is 24.1 Å². The molecule has 2 rings (SSSR count). The summed E-state index contributed by atoms with van der Waals surface area (Å²) in [5.41, 5.74) is 7.17. The molecule has 6 nitrogen and oxygen atoms in total. The van der Waals surface area contributed by atoms with Crippen LogP contribution in [0.4, 0.5) is 5.69 Å². The number of hydrogen-bond donors (Lipinski definition) is 2. The maximum absolute atomic E-state index is 11.8. The van der Waals surface area contributed by atoms with Crippen molar-refractivity contribution in [2.75, 3.05) is 5.73 Å². The minimum atomic E-state index is -0.256. The standard InChI is InChI=1S/C11H13N5O/c1-16-10(9(12)7-15-16)11(17)14-6-8-4-2-3-5-13-8/h2-5,7H,6,12H2,1H3,(H,14,17). The fourth-order valence-electron chi connectivity index (χ4n) is 1.49. The SMILES string of the molecule is Cn1ncc(N)c1C(=O)NCc1ccccn1. The first-order chi connectivity index (χ1) is 8.18. The zero-order chi connectivity index (χ0) is 12.3. The molecule has 0 fully saturated rings. The number of carbonyl (C=O) groups is 1. The molecule has 0 aliphatic heterocycles. The van der Waals surface area contributed by atoms with Crippen LogP contribution in [0.15, 0.2) is 30.6 Å². The van der Waals surface area contributed by atoms with Crippen molar-refractivity contribution in [1.29, 1.82) is 0 Å². The molecule has 88 valence electrons. The van der Waals surface area contributed by atoms with Gasteiger partial charge in [0.15, 0.2) is 0 Å². The number of pyridine rings is 1. The highest BCUT2D eigenvalue weighted by atomic mass is 16.2. The molecular formula is C11H13N5O. The second-order valence-electron chi connectivity index (χ2n) is 3.58. The zero-order valence-corrected chi connectivity index (χ0v) is 9.42. The smallest absolute Gasteiger partial charge is 0.272 e. The van der Waals surface area contributed by atoms with Gasteiger partial charge in [-0.15, -0.1) is 0 Å². The van der Waals surface area contributed by atoms with Crippen molar-refractivity contribution < 1.29 is 4.79 Å². The Kier molecular flexibility index (Phi) is 3.04. The van der Waals surface area contributed by atoms with Crippen molar-refractivity contribution in [2.24, 2.45) is 7.05 Å². The molecule has 0 aliphatic carbocycles. The largest absolute Gasteiger partial charge is 0.396 e. The second-order valence-corrected chi connectivity index (χ2v) is 3.58. The predicted octanol–water partition coefficient (Wildman–Crippen LogP) is 0.327. The third-order valence-electron chi connectivity index (χ3n) is 2.34. The number of anilines is 1. The average Bonchev–Trinajstić information content (AvgIpc) is 2.67. The predicted molar refractivity (Wildman–Crippen MR) is 63.0 cm³/mol. The van der Waals surface area contributed by atoms with E-state index in [4.69, 9.17) is 5.73 Å². The molecule has 2 aromatic rings. The molecular weight excluding hydrogens is 218 g/mol. The van der Waals surface area contributed by atoms with E-state index >= 15 is 0 Å². The van der Waals surface area contributed by atoms with Crippen molar-refractivity contribution in [1.82, 2.24) is 20.1 Å². The van der Waals surface area contributed by atoms with Crippen LogP contribution in [0.3, 0.4) is 0 Å². The number of aromatic nitrogens is 3. The summed E-state index contributed by atoms with van der Waals surface area (Å²) in [5.74, 6) is -0.256. The number of aryl methyl sites for hydroxylation is 1. The highest BCUT2D eigenvalue weighted by Crippen LogP contribution is 2.08. The fourth-order valence-corrected chi connectivity index (χ4v) is 1.49. The van der Waals surface area contributed by atoms with E-state index in [1.807, 2.05) is 18.2 Å². The first-order valence-electron chi connectivity index (χ1n) is 5.14. The lowest BCUT2D eigenvalue weighted by atomic mass is 10.3. The molecule has 0 aromatic carbocycles. The van der Waals surface area contributed by atoms with Gasteiger partial charge in [0, 0.05) is 13.2 Å². The molecule has 3 N–H and O–H groups in total. The molecule has 0 saturated heterocycles. The van der Waals surface area contributed by atoms with Crippen LogP contribution >= 0.6 is 0 Å². The molecule has 2 heterocycles. The highest BCUT2D eigenvalue weighted by Gasteiger charge is 2.14. The van der Waals surface area contributed by atoms with Crippen LogP contribution < -0.4 is 11.1 Å². The van der Waals surface area contributed by atoms with Crippen molar-refractivity contribution in [3.05, 3.63) is 42.0 Å². The van der Waals surface area contributed by atoms with E-state index in [9.17, 15) is 4.79 Å². The fraction of sp³-hybridized carbons (Fsp3) is 0.182. The van der Waals surface area contributed by atoms with Gasteiger partial charge in [-0.1, -0.05) is 6.07 Å². The van der Waals surface area contributed by atoms with Gasteiger partial charge in [0.2, 0.25) is 0 Å². The number of amides is 1. The molecule has 17 heavy (non-hydrogen) atoms. The van der Waals surface area contributed by atoms with E-state index in [1.165, 1.54) is 10.9 Å². The summed E-state index contributed by atoms with van der Waals surface area (Å²) in [7, 11) is 1.67. The van der Waals surface area contributed by atoms with Crippen LogP contribution in [0.5, 0.6) is 0 Å². The van der Waals surface area contributed by atoms with Crippen LogP contribution in [-0.2, 0) is 13.6 Å². The third kappa shape index (κ3) is 2.41. The maximum Gasteiger partial charge on any atom is 0.272 e. The lowest BCUT2D eigenvalue weighted by Crippen LogP contribution is -2.26. The lowest BCUT2D eigenvalue weighted by Gasteiger charge is -2.05. The molecule has 0 aliphatic rings. The van der Waals surface area contributed by atoms with Crippen LogP contribution in [0, 0.1) is 0 Å². The Bertz CT molecular complexity index is 500. The summed E-state index contributed by atoms with van der Waals surface area (Å²) < 4.78 is 1.45. The van der Waals surface area contributed by atoms with Gasteiger partial charge in [-0.3, -0.25) is 14.5 Å². The Morgan fingerprint density at radius 2 is 2.35 bits per heavy atom. The highest BCUT2D eigenvalue weighted by molar-refractivity contribution is 5.97. The monoisotopic (exact) mass is 231 g/mol. The second kappa shape index (κ2) is 4.65. The molecule has 1 amide bonds. The van der Waals surface area contributed by atoms with E-state index in [-0.39, 0.29) is 5.91 Å². The van der Waals surface area contributed by atoms with E-state index in [1.54, 1.807) is 13.2 Å². The van der Waals surface area contributed by atoms with Crippen LogP contribution in [-0.4, -0.2) is 20.7 Å². The number of carbonyl (C=O) groups excluding carboxylic acids is 1. The topological polar surface area (TPSA) is 85.8 Å². The Labute approximate surface area is 98.5 Å². The number of nitrogens with one attached hydrogen (secondary N) is 1. The maximum atomic E-state index is 11.8. The first kappa shape index (κ1) is 11.1. The number of nitrogens with two attached hydrogens (primary N) is 1. The first-order valence-corrected chi connectivity index (χ1v) is 5.14. The van der Waals surface area contributed by atoms with E-state index in [0.29, 0.717) is 17.9 Å². The minimum absolute atomic E-state index is 0.256. The Balaban J connectivity index is 2.04. The molecule has 0 unspecified atom stereocenters. The van der Waals surface area contributed by atoms with E-state index in [0.717, 1.165) is 5.69 Å². The quantitative estimate of drug-likeness (QED) is 0.797. The zero-order valence-electron chi connectivity index (χ0n) is 9.42. The average molecular weight is 231 g/mol. The van der Waals surface area contributed by atoms with E-state index in [2.05, 4.69) is 15.4 Å². The molecule has 0 spiro atoms. The Morgan fingerprint density at radius 3 is 2.94 bits per heavy atom. The molecule has 0 atom stereocenters. The Hall–Kier alpha value is -2.37. The lowest BCUT2D eigenvalue weighted by molar-refractivity contribution is 0.0942. The third-order valence-corrected chi connectivity index (χ3v) is 2.34. The summed E-state index contributed by atoms with van der Waals surface area (Å²) in [5, 5.41) is 6.65. The van der Waals surface area contributed by atoms with E-state index < -0.39 is 0 Å². The number of hydrogen-bond acceptors (Lipinski definition) is 4. The van der Waals surface area contributed by atoms with Crippen molar-refractivity contribution in [3.63, 3.8) is 0 Å². The van der Waals surface area contributed by atoms with Gasteiger partial charge in [0.1, 0.15) is 5.69 Å². The van der Waals surface area contributed by atoms with Crippen LogP contribution in [0.2, 0.25) is 0 Å². The Morgan fingerprint density at radius 1 is 1.53 bits per heavy atom. The molecule has 0 radical (unpaired) electrons. The van der Waals surface area contributed by atoms with Crippen LogP contribution in [0.1, 0.15) is 16.2 Å². The minimum Gasteiger partial charge on any atom is -0.396 e. The summed E-state index contributed by atoms with van der Waals surface area (Å²) in [6.07, 6.45) is 3.13. The number of nitrogen functional groups attached to an aromatic ring is 1. The van der Waals surface area contributed by atoms with Gasteiger partial charge in [-0.05, 0) is 12.1 Å². The van der Waals surface area contributed by atoms with Gasteiger partial charge >= 0.3 is 0 Å².